The van der Waals surface area contributed by atoms with E-state index in [0.717, 1.165) is 18.7 Å². The van der Waals surface area contributed by atoms with Gasteiger partial charge < -0.3 is 15.0 Å². The summed E-state index contributed by atoms with van der Waals surface area (Å²) < 4.78 is 6.03. The molecule has 3 heteroatoms. The molecular weight excluding hydrogens is 212 g/mol. The summed E-state index contributed by atoms with van der Waals surface area (Å²) in [7, 11) is 2.10. The van der Waals surface area contributed by atoms with E-state index in [2.05, 4.69) is 17.3 Å². The first-order chi connectivity index (χ1) is 8.31. The quantitative estimate of drug-likeness (QED) is 0.793. The molecule has 1 unspecified atom stereocenters. The molecular formula is C14H26N2O. The topological polar surface area (TPSA) is 24.5 Å². The third kappa shape index (κ3) is 2.38. The van der Waals surface area contributed by atoms with Crippen LogP contribution < -0.4 is 5.32 Å². The molecule has 2 saturated heterocycles. The summed E-state index contributed by atoms with van der Waals surface area (Å²) in [4.78, 5) is 2.73. The third-order valence-corrected chi connectivity index (χ3v) is 5.19. The summed E-state index contributed by atoms with van der Waals surface area (Å²) in [5, 5.41) is 3.41. The van der Waals surface area contributed by atoms with Crippen molar-refractivity contribution in [3.05, 3.63) is 0 Å². The van der Waals surface area contributed by atoms with Gasteiger partial charge in [0.05, 0.1) is 5.60 Å². The number of nitrogens with zero attached hydrogens (tertiary/aromatic N) is 1. The van der Waals surface area contributed by atoms with Gasteiger partial charge in [0.15, 0.2) is 0 Å². The Labute approximate surface area is 105 Å². The summed E-state index contributed by atoms with van der Waals surface area (Å²) in [6.45, 7) is 3.56. The van der Waals surface area contributed by atoms with E-state index in [-0.39, 0.29) is 0 Å². The minimum atomic E-state index is 0.308. The molecule has 3 rings (SSSR count). The fourth-order valence-corrected chi connectivity index (χ4v) is 3.79. The zero-order valence-corrected chi connectivity index (χ0v) is 11.1. The Morgan fingerprint density at radius 1 is 1.18 bits per heavy atom. The second-order valence-corrected chi connectivity index (χ2v) is 6.13. The maximum absolute atomic E-state index is 6.03. The van der Waals surface area contributed by atoms with Gasteiger partial charge >= 0.3 is 0 Å². The molecule has 0 amide bonds. The molecule has 3 nitrogen and oxygen atoms in total. The molecule has 0 aromatic rings. The lowest BCUT2D eigenvalue weighted by Gasteiger charge is -2.50. The Kier molecular flexibility index (Phi) is 3.42. The third-order valence-electron chi connectivity index (χ3n) is 5.19. The fraction of sp³-hybridized carbons (Fsp3) is 1.00. The van der Waals surface area contributed by atoms with Crippen LogP contribution in [-0.2, 0) is 4.74 Å². The zero-order chi connectivity index (χ0) is 11.7. The van der Waals surface area contributed by atoms with Crippen molar-refractivity contribution in [2.45, 2.75) is 62.6 Å². The molecule has 0 radical (unpaired) electrons. The molecule has 98 valence electrons. The first-order valence-electron chi connectivity index (χ1n) is 7.37. The molecule has 17 heavy (non-hydrogen) atoms. The van der Waals surface area contributed by atoms with Crippen LogP contribution in [0.2, 0.25) is 0 Å². The molecule has 2 heterocycles. The molecule has 0 aromatic heterocycles. The average Bonchev–Trinajstić information content (AvgIpc) is 2.37. The molecule has 1 spiro atoms. The molecule has 3 aliphatic rings. The van der Waals surface area contributed by atoms with Crippen LogP contribution in [-0.4, -0.2) is 49.3 Å². The van der Waals surface area contributed by atoms with E-state index in [1.165, 1.54) is 58.0 Å². The van der Waals surface area contributed by atoms with E-state index >= 15 is 0 Å². The van der Waals surface area contributed by atoms with Crippen LogP contribution >= 0.6 is 0 Å². The first kappa shape index (κ1) is 11.9. The van der Waals surface area contributed by atoms with Gasteiger partial charge in [-0.25, -0.2) is 0 Å². The SMILES string of the molecule is CNC1CCN(C2CCOC3(CCC3)C2)CC1. The molecule has 1 N–H and O–H groups in total. The predicted molar refractivity (Wildman–Crippen MR) is 69.2 cm³/mol. The van der Waals surface area contributed by atoms with Crippen molar-refractivity contribution >= 4 is 0 Å². The Bertz CT molecular complexity index is 257. The Morgan fingerprint density at radius 3 is 2.53 bits per heavy atom. The highest BCUT2D eigenvalue weighted by molar-refractivity contribution is 4.97. The lowest BCUT2D eigenvalue weighted by Crippen LogP contribution is -2.54. The van der Waals surface area contributed by atoms with Crippen molar-refractivity contribution < 1.29 is 4.74 Å². The fourth-order valence-electron chi connectivity index (χ4n) is 3.79. The van der Waals surface area contributed by atoms with Gasteiger partial charge in [0, 0.05) is 18.7 Å². The van der Waals surface area contributed by atoms with E-state index in [1.54, 1.807) is 0 Å². The summed E-state index contributed by atoms with van der Waals surface area (Å²) in [6.07, 6.45) is 9.21. The van der Waals surface area contributed by atoms with Crippen molar-refractivity contribution in [1.29, 1.82) is 0 Å². The monoisotopic (exact) mass is 238 g/mol. The Hall–Kier alpha value is -0.120. The Morgan fingerprint density at radius 2 is 1.94 bits per heavy atom. The molecule has 0 aromatic carbocycles. The highest BCUT2D eigenvalue weighted by Crippen LogP contribution is 2.43. The van der Waals surface area contributed by atoms with Gasteiger partial charge in [-0.05, 0) is 65.1 Å². The van der Waals surface area contributed by atoms with E-state index in [0.29, 0.717) is 5.60 Å². The van der Waals surface area contributed by atoms with Gasteiger partial charge in [-0.2, -0.15) is 0 Å². The van der Waals surface area contributed by atoms with Gasteiger partial charge in [-0.1, -0.05) is 0 Å². The van der Waals surface area contributed by atoms with Gasteiger partial charge in [0.2, 0.25) is 0 Å². The van der Waals surface area contributed by atoms with Crippen LogP contribution in [0.1, 0.15) is 44.9 Å². The zero-order valence-electron chi connectivity index (χ0n) is 11.1. The number of ether oxygens (including phenoxy) is 1. The number of piperidine rings is 1. The van der Waals surface area contributed by atoms with E-state index in [1.807, 2.05) is 0 Å². The van der Waals surface area contributed by atoms with Crippen molar-refractivity contribution in [1.82, 2.24) is 10.2 Å². The lowest BCUT2D eigenvalue weighted by molar-refractivity contribution is -0.150. The number of likely N-dealkylation sites (tertiary alicyclic amines) is 1. The molecule has 1 saturated carbocycles. The largest absolute Gasteiger partial charge is 0.375 e. The highest BCUT2D eigenvalue weighted by atomic mass is 16.5. The second kappa shape index (κ2) is 4.87. The highest BCUT2D eigenvalue weighted by Gasteiger charge is 2.44. The van der Waals surface area contributed by atoms with Crippen LogP contribution in [0.15, 0.2) is 0 Å². The van der Waals surface area contributed by atoms with Crippen molar-refractivity contribution in [2.75, 3.05) is 26.7 Å². The second-order valence-electron chi connectivity index (χ2n) is 6.13. The van der Waals surface area contributed by atoms with Crippen molar-refractivity contribution in [3.8, 4) is 0 Å². The minimum absolute atomic E-state index is 0.308. The predicted octanol–water partition coefficient (Wildman–Crippen LogP) is 1.77. The van der Waals surface area contributed by atoms with Gasteiger partial charge in [0.1, 0.15) is 0 Å². The van der Waals surface area contributed by atoms with Crippen LogP contribution in [0, 0.1) is 0 Å². The van der Waals surface area contributed by atoms with E-state index in [4.69, 9.17) is 4.74 Å². The van der Waals surface area contributed by atoms with Crippen molar-refractivity contribution in [2.24, 2.45) is 0 Å². The van der Waals surface area contributed by atoms with E-state index in [9.17, 15) is 0 Å². The summed E-state index contributed by atoms with van der Waals surface area (Å²) >= 11 is 0. The molecule has 3 fully saturated rings. The first-order valence-corrected chi connectivity index (χ1v) is 7.37. The van der Waals surface area contributed by atoms with Crippen LogP contribution in [0.3, 0.4) is 0 Å². The van der Waals surface area contributed by atoms with E-state index < -0.39 is 0 Å². The summed E-state index contributed by atoms with van der Waals surface area (Å²) in [6, 6.07) is 1.56. The van der Waals surface area contributed by atoms with Crippen LogP contribution in [0.5, 0.6) is 0 Å². The standard InChI is InChI=1S/C14H26N2O/c1-15-12-3-8-16(9-4-12)13-5-10-17-14(11-13)6-2-7-14/h12-13,15H,2-11H2,1H3. The smallest absolute Gasteiger partial charge is 0.0697 e. The number of hydrogen-bond donors (Lipinski definition) is 1. The molecule has 1 aliphatic carbocycles. The summed E-state index contributed by atoms with van der Waals surface area (Å²) in [5.41, 5.74) is 0.308. The minimum Gasteiger partial charge on any atom is -0.375 e. The van der Waals surface area contributed by atoms with Gasteiger partial charge in [0.25, 0.3) is 0 Å². The van der Waals surface area contributed by atoms with Crippen LogP contribution in [0.4, 0.5) is 0 Å². The lowest BCUT2D eigenvalue weighted by atomic mass is 9.73. The maximum Gasteiger partial charge on any atom is 0.0697 e. The van der Waals surface area contributed by atoms with Crippen LogP contribution in [0.25, 0.3) is 0 Å². The summed E-state index contributed by atoms with van der Waals surface area (Å²) in [5.74, 6) is 0. The molecule has 2 aliphatic heterocycles. The van der Waals surface area contributed by atoms with Gasteiger partial charge in [-0.3, -0.25) is 0 Å². The Balaban J connectivity index is 1.54. The number of nitrogens with one attached hydrogen (secondary N) is 1. The normalized spacial score (nSPS) is 34.8. The average molecular weight is 238 g/mol. The van der Waals surface area contributed by atoms with Gasteiger partial charge in [-0.15, -0.1) is 0 Å². The number of rotatable bonds is 2. The molecule has 0 bridgehead atoms. The molecule has 1 atom stereocenters. The maximum atomic E-state index is 6.03. The van der Waals surface area contributed by atoms with Crippen molar-refractivity contribution in [3.63, 3.8) is 0 Å². The number of hydrogen-bond acceptors (Lipinski definition) is 3.